The van der Waals surface area contributed by atoms with E-state index in [4.69, 9.17) is 9.47 Å². The lowest BCUT2D eigenvalue weighted by molar-refractivity contribution is 0.354. The number of piperazine rings is 1. The minimum atomic E-state index is 0.771. The number of aromatic nitrogens is 1. The number of nitrogens with zero attached hydrogens (tertiary/aromatic N) is 3. The van der Waals surface area contributed by atoms with Gasteiger partial charge in [0.1, 0.15) is 5.82 Å². The summed E-state index contributed by atoms with van der Waals surface area (Å²) in [6.45, 7) is 3.74. The molecule has 0 amide bonds. The zero-order valence-electron chi connectivity index (χ0n) is 13.0. The number of anilines is 2. The Kier molecular flexibility index (Phi) is 4.32. The molecule has 0 bridgehead atoms. The van der Waals surface area contributed by atoms with Crippen molar-refractivity contribution in [3.63, 3.8) is 0 Å². The molecule has 1 aliphatic rings. The minimum Gasteiger partial charge on any atom is -0.493 e. The minimum absolute atomic E-state index is 0.771. The van der Waals surface area contributed by atoms with Gasteiger partial charge in [-0.05, 0) is 24.3 Å². The lowest BCUT2D eigenvalue weighted by Crippen LogP contribution is -2.46. The fraction of sp³-hybridized carbons (Fsp3) is 0.353. The predicted molar refractivity (Wildman–Crippen MR) is 88.2 cm³/mol. The van der Waals surface area contributed by atoms with Crippen molar-refractivity contribution in [1.82, 2.24) is 4.98 Å². The van der Waals surface area contributed by atoms with Crippen molar-refractivity contribution in [3.8, 4) is 11.5 Å². The number of para-hydroxylation sites is 1. The highest BCUT2D eigenvalue weighted by molar-refractivity contribution is 5.65. The molecule has 2 aromatic rings. The number of rotatable bonds is 4. The largest absolute Gasteiger partial charge is 0.493 e. The second kappa shape index (κ2) is 6.56. The molecule has 0 spiro atoms. The molecule has 1 aliphatic heterocycles. The van der Waals surface area contributed by atoms with Crippen molar-refractivity contribution in [2.45, 2.75) is 0 Å². The molecular weight excluding hydrogens is 278 g/mol. The second-order valence-electron chi connectivity index (χ2n) is 5.17. The van der Waals surface area contributed by atoms with Gasteiger partial charge in [-0.1, -0.05) is 12.1 Å². The highest BCUT2D eigenvalue weighted by Gasteiger charge is 2.21. The van der Waals surface area contributed by atoms with Crippen LogP contribution < -0.4 is 19.3 Å². The SMILES string of the molecule is COc1cccc(N2CCN(c3ccccn3)CC2)c1OC. The van der Waals surface area contributed by atoms with E-state index in [0.717, 1.165) is 49.2 Å². The van der Waals surface area contributed by atoms with Crippen LogP contribution in [0.2, 0.25) is 0 Å². The average Bonchev–Trinajstić information content (AvgIpc) is 2.62. The lowest BCUT2D eigenvalue weighted by atomic mass is 10.2. The van der Waals surface area contributed by atoms with E-state index in [0.29, 0.717) is 0 Å². The number of pyridine rings is 1. The standard InChI is InChI=1S/C17H21N3O2/c1-21-15-7-5-6-14(17(15)22-2)19-10-12-20(13-11-19)16-8-3-4-9-18-16/h3-9H,10-13H2,1-2H3. The first-order valence-electron chi connectivity index (χ1n) is 7.45. The van der Waals surface area contributed by atoms with Crippen LogP contribution in [0, 0.1) is 0 Å². The zero-order valence-corrected chi connectivity index (χ0v) is 13.0. The molecule has 1 aromatic heterocycles. The molecule has 0 radical (unpaired) electrons. The second-order valence-corrected chi connectivity index (χ2v) is 5.17. The summed E-state index contributed by atoms with van der Waals surface area (Å²) in [6.07, 6.45) is 1.84. The topological polar surface area (TPSA) is 37.8 Å². The van der Waals surface area contributed by atoms with Gasteiger partial charge >= 0.3 is 0 Å². The lowest BCUT2D eigenvalue weighted by Gasteiger charge is -2.37. The van der Waals surface area contributed by atoms with Crippen LogP contribution in [-0.2, 0) is 0 Å². The molecule has 3 rings (SSSR count). The molecule has 1 fully saturated rings. The van der Waals surface area contributed by atoms with Gasteiger partial charge < -0.3 is 19.3 Å². The highest BCUT2D eigenvalue weighted by Crippen LogP contribution is 2.37. The predicted octanol–water partition coefficient (Wildman–Crippen LogP) is 2.43. The Labute approximate surface area is 131 Å². The Morgan fingerprint density at radius 3 is 2.27 bits per heavy atom. The Morgan fingerprint density at radius 2 is 1.64 bits per heavy atom. The summed E-state index contributed by atoms with van der Waals surface area (Å²) in [5.41, 5.74) is 1.09. The number of ether oxygens (including phenoxy) is 2. The van der Waals surface area contributed by atoms with Gasteiger partial charge in [0.15, 0.2) is 11.5 Å². The fourth-order valence-corrected chi connectivity index (χ4v) is 2.84. The Balaban J connectivity index is 1.74. The monoisotopic (exact) mass is 299 g/mol. The number of benzene rings is 1. The number of methoxy groups -OCH3 is 2. The first-order chi connectivity index (χ1) is 10.8. The van der Waals surface area contributed by atoms with E-state index in [1.54, 1.807) is 14.2 Å². The maximum absolute atomic E-state index is 5.54. The van der Waals surface area contributed by atoms with Gasteiger partial charge in [0.25, 0.3) is 0 Å². The van der Waals surface area contributed by atoms with Crippen molar-refractivity contribution in [1.29, 1.82) is 0 Å². The third-order valence-electron chi connectivity index (χ3n) is 3.98. The van der Waals surface area contributed by atoms with E-state index in [1.165, 1.54) is 0 Å². The van der Waals surface area contributed by atoms with E-state index in [-0.39, 0.29) is 0 Å². The van der Waals surface area contributed by atoms with E-state index < -0.39 is 0 Å². The van der Waals surface area contributed by atoms with Gasteiger partial charge in [-0.15, -0.1) is 0 Å². The van der Waals surface area contributed by atoms with Crippen LogP contribution in [0.15, 0.2) is 42.6 Å². The third-order valence-corrected chi connectivity index (χ3v) is 3.98. The molecule has 0 saturated carbocycles. The van der Waals surface area contributed by atoms with Crippen LogP contribution in [-0.4, -0.2) is 45.4 Å². The molecule has 1 aromatic carbocycles. The molecule has 0 aliphatic carbocycles. The fourth-order valence-electron chi connectivity index (χ4n) is 2.84. The summed E-state index contributed by atoms with van der Waals surface area (Å²) in [5.74, 6) is 2.61. The van der Waals surface area contributed by atoms with Gasteiger partial charge in [0, 0.05) is 32.4 Å². The van der Waals surface area contributed by atoms with Crippen molar-refractivity contribution >= 4 is 11.5 Å². The summed E-state index contributed by atoms with van der Waals surface area (Å²) in [5, 5.41) is 0. The first kappa shape index (κ1) is 14.5. The molecule has 0 atom stereocenters. The quantitative estimate of drug-likeness (QED) is 0.867. The van der Waals surface area contributed by atoms with Gasteiger partial charge in [0.2, 0.25) is 0 Å². The van der Waals surface area contributed by atoms with E-state index >= 15 is 0 Å². The molecule has 0 unspecified atom stereocenters. The average molecular weight is 299 g/mol. The van der Waals surface area contributed by atoms with Crippen molar-refractivity contribution in [3.05, 3.63) is 42.6 Å². The van der Waals surface area contributed by atoms with Crippen LogP contribution in [0.25, 0.3) is 0 Å². The Morgan fingerprint density at radius 1 is 0.864 bits per heavy atom. The van der Waals surface area contributed by atoms with E-state index in [1.807, 2.05) is 30.5 Å². The van der Waals surface area contributed by atoms with Crippen LogP contribution in [0.3, 0.4) is 0 Å². The molecule has 116 valence electrons. The van der Waals surface area contributed by atoms with Crippen LogP contribution in [0.4, 0.5) is 11.5 Å². The molecular formula is C17H21N3O2. The van der Waals surface area contributed by atoms with Gasteiger partial charge in [-0.2, -0.15) is 0 Å². The van der Waals surface area contributed by atoms with Crippen molar-refractivity contribution in [2.24, 2.45) is 0 Å². The first-order valence-corrected chi connectivity index (χ1v) is 7.45. The van der Waals surface area contributed by atoms with E-state index in [2.05, 4.69) is 26.9 Å². The smallest absolute Gasteiger partial charge is 0.184 e. The summed E-state index contributed by atoms with van der Waals surface area (Å²) in [4.78, 5) is 9.07. The maximum Gasteiger partial charge on any atom is 0.184 e. The Bertz CT molecular complexity index is 611. The van der Waals surface area contributed by atoms with Crippen LogP contribution in [0.1, 0.15) is 0 Å². The summed E-state index contributed by atoms with van der Waals surface area (Å²) in [6, 6.07) is 12.0. The summed E-state index contributed by atoms with van der Waals surface area (Å²) in [7, 11) is 3.35. The number of hydrogen-bond donors (Lipinski definition) is 0. The number of hydrogen-bond acceptors (Lipinski definition) is 5. The third kappa shape index (κ3) is 2.79. The van der Waals surface area contributed by atoms with Crippen molar-refractivity contribution < 1.29 is 9.47 Å². The van der Waals surface area contributed by atoms with Gasteiger partial charge in [-0.25, -0.2) is 4.98 Å². The van der Waals surface area contributed by atoms with Crippen LogP contribution in [0.5, 0.6) is 11.5 Å². The molecule has 5 heteroatoms. The molecule has 22 heavy (non-hydrogen) atoms. The van der Waals surface area contributed by atoms with Gasteiger partial charge in [-0.3, -0.25) is 0 Å². The van der Waals surface area contributed by atoms with Crippen LogP contribution >= 0.6 is 0 Å². The summed E-state index contributed by atoms with van der Waals surface area (Å²) < 4.78 is 10.9. The van der Waals surface area contributed by atoms with E-state index in [9.17, 15) is 0 Å². The molecule has 5 nitrogen and oxygen atoms in total. The zero-order chi connectivity index (χ0) is 15.4. The highest BCUT2D eigenvalue weighted by atomic mass is 16.5. The normalized spacial score (nSPS) is 14.8. The summed E-state index contributed by atoms with van der Waals surface area (Å²) >= 11 is 0. The van der Waals surface area contributed by atoms with Gasteiger partial charge in [0.05, 0.1) is 19.9 Å². The Hall–Kier alpha value is -2.43. The molecule has 1 saturated heterocycles. The maximum atomic E-state index is 5.54. The molecule has 2 heterocycles. The van der Waals surface area contributed by atoms with Crippen molar-refractivity contribution in [2.75, 3.05) is 50.2 Å². The molecule has 0 N–H and O–H groups in total.